The molecule has 5 heteroatoms. The second kappa shape index (κ2) is 4.24. The Hall–Kier alpha value is -0.770. The Balaban J connectivity index is 2.18. The van der Waals surface area contributed by atoms with E-state index in [1.165, 1.54) is 0 Å². The molecule has 0 aromatic heterocycles. The maximum Gasteiger partial charge on any atom is 0.253 e. The lowest BCUT2D eigenvalue weighted by atomic mass is 10.2. The first-order chi connectivity index (χ1) is 7.58. The van der Waals surface area contributed by atoms with Crippen LogP contribution in [0.3, 0.4) is 0 Å². The number of nitrogens with one attached hydrogen (secondary N) is 1. The second-order valence-corrected chi connectivity index (χ2v) is 4.78. The summed E-state index contributed by atoms with van der Waals surface area (Å²) in [6.45, 7) is -0.0447. The molecule has 0 saturated heterocycles. The van der Waals surface area contributed by atoms with E-state index >= 15 is 0 Å². The summed E-state index contributed by atoms with van der Waals surface area (Å²) in [5.74, 6) is -0.293. The van der Waals surface area contributed by atoms with Gasteiger partial charge in [0.2, 0.25) is 0 Å². The van der Waals surface area contributed by atoms with Crippen LogP contribution < -0.4 is 5.32 Å². The summed E-state index contributed by atoms with van der Waals surface area (Å²) in [4.78, 5) is 11.9. The van der Waals surface area contributed by atoms with Gasteiger partial charge in [-0.05, 0) is 25.0 Å². The molecule has 2 N–H and O–H groups in total. The van der Waals surface area contributed by atoms with Crippen molar-refractivity contribution in [2.75, 3.05) is 6.61 Å². The summed E-state index contributed by atoms with van der Waals surface area (Å²) in [6, 6.07) is 4.90. The Kier molecular flexibility index (Phi) is 3.10. The summed E-state index contributed by atoms with van der Waals surface area (Å²) in [6.07, 6.45) is 1.60. The summed E-state index contributed by atoms with van der Waals surface area (Å²) < 4.78 is 0. The highest BCUT2D eigenvalue weighted by atomic mass is 35.5. The quantitative estimate of drug-likeness (QED) is 0.875. The van der Waals surface area contributed by atoms with Crippen LogP contribution in [0.2, 0.25) is 10.0 Å². The molecule has 1 fully saturated rings. The van der Waals surface area contributed by atoms with E-state index < -0.39 is 5.54 Å². The number of carbonyl (C=O) groups excluding carboxylic acids is 1. The average molecular weight is 260 g/mol. The number of aliphatic hydroxyl groups excluding tert-OH is 1. The molecular weight excluding hydrogens is 249 g/mol. The van der Waals surface area contributed by atoms with Gasteiger partial charge in [0.05, 0.1) is 27.8 Å². The Labute approximate surface area is 103 Å². The van der Waals surface area contributed by atoms with Gasteiger partial charge in [-0.1, -0.05) is 29.3 Å². The Morgan fingerprint density at radius 1 is 1.44 bits per heavy atom. The molecule has 1 aliphatic carbocycles. The minimum atomic E-state index is -0.442. The van der Waals surface area contributed by atoms with E-state index in [9.17, 15) is 4.79 Å². The van der Waals surface area contributed by atoms with Crippen LogP contribution in [0.25, 0.3) is 0 Å². The van der Waals surface area contributed by atoms with Gasteiger partial charge in [0.25, 0.3) is 5.91 Å². The van der Waals surface area contributed by atoms with Crippen LogP contribution in [0.15, 0.2) is 18.2 Å². The lowest BCUT2D eigenvalue weighted by molar-refractivity contribution is 0.0907. The topological polar surface area (TPSA) is 49.3 Å². The molecule has 1 aromatic carbocycles. The van der Waals surface area contributed by atoms with Crippen LogP contribution in [0.4, 0.5) is 0 Å². The molecule has 0 heterocycles. The fourth-order valence-corrected chi connectivity index (χ4v) is 1.85. The van der Waals surface area contributed by atoms with Gasteiger partial charge in [-0.15, -0.1) is 0 Å². The van der Waals surface area contributed by atoms with Crippen molar-refractivity contribution in [2.45, 2.75) is 18.4 Å². The van der Waals surface area contributed by atoms with Crippen molar-refractivity contribution < 1.29 is 9.90 Å². The van der Waals surface area contributed by atoms with E-state index in [2.05, 4.69) is 5.32 Å². The van der Waals surface area contributed by atoms with E-state index in [-0.39, 0.29) is 17.5 Å². The molecule has 0 radical (unpaired) electrons. The molecule has 1 aliphatic rings. The average Bonchev–Trinajstić information content (AvgIpc) is 3.02. The predicted molar refractivity (Wildman–Crippen MR) is 63.0 cm³/mol. The van der Waals surface area contributed by atoms with Gasteiger partial charge < -0.3 is 10.4 Å². The van der Waals surface area contributed by atoms with E-state index in [1.807, 2.05) is 0 Å². The highest BCUT2D eigenvalue weighted by molar-refractivity contribution is 6.43. The molecule has 1 saturated carbocycles. The van der Waals surface area contributed by atoms with Crippen LogP contribution in [0.5, 0.6) is 0 Å². The fourth-order valence-electron chi connectivity index (χ4n) is 1.46. The highest BCUT2D eigenvalue weighted by Crippen LogP contribution is 2.35. The first-order valence-electron chi connectivity index (χ1n) is 4.95. The summed E-state index contributed by atoms with van der Waals surface area (Å²) in [5.41, 5.74) is -0.100. The van der Waals surface area contributed by atoms with Crippen LogP contribution >= 0.6 is 23.2 Å². The van der Waals surface area contributed by atoms with Crippen LogP contribution in [-0.4, -0.2) is 23.2 Å². The van der Waals surface area contributed by atoms with Gasteiger partial charge in [0, 0.05) is 0 Å². The molecule has 0 aliphatic heterocycles. The standard InChI is InChI=1S/C11H11Cl2NO2/c12-8-3-1-2-7(9(8)13)10(16)14-11(6-15)4-5-11/h1-3,15H,4-6H2,(H,14,16). The normalized spacial score (nSPS) is 16.9. The van der Waals surface area contributed by atoms with Crippen molar-refractivity contribution >= 4 is 29.1 Å². The number of hydrogen-bond donors (Lipinski definition) is 2. The van der Waals surface area contributed by atoms with Crippen molar-refractivity contribution in [3.8, 4) is 0 Å². The van der Waals surface area contributed by atoms with E-state index in [0.717, 1.165) is 12.8 Å². The Morgan fingerprint density at radius 2 is 2.12 bits per heavy atom. The van der Waals surface area contributed by atoms with Crippen molar-refractivity contribution in [1.82, 2.24) is 5.32 Å². The Bertz CT molecular complexity index is 430. The van der Waals surface area contributed by atoms with Gasteiger partial charge in [-0.2, -0.15) is 0 Å². The lowest BCUT2D eigenvalue weighted by Gasteiger charge is -2.15. The molecule has 2 rings (SSSR count). The van der Waals surface area contributed by atoms with Crippen molar-refractivity contribution in [3.05, 3.63) is 33.8 Å². The Morgan fingerprint density at radius 3 is 2.69 bits per heavy atom. The van der Waals surface area contributed by atoms with Crippen molar-refractivity contribution in [2.24, 2.45) is 0 Å². The molecule has 0 spiro atoms. The number of rotatable bonds is 3. The van der Waals surface area contributed by atoms with Crippen LogP contribution in [0.1, 0.15) is 23.2 Å². The zero-order valence-electron chi connectivity index (χ0n) is 8.46. The predicted octanol–water partition coefficient (Wildman–Crippen LogP) is 2.25. The van der Waals surface area contributed by atoms with Gasteiger partial charge in [-0.25, -0.2) is 0 Å². The van der Waals surface area contributed by atoms with Crippen molar-refractivity contribution in [3.63, 3.8) is 0 Å². The van der Waals surface area contributed by atoms with Crippen LogP contribution in [0, 0.1) is 0 Å². The third-order valence-corrected chi connectivity index (χ3v) is 3.55. The second-order valence-electron chi connectivity index (χ2n) is 3.99. The largest absolute Gasteiger partial charge is 0.394 e. The van der Waals surface area contributed by atoms with E-state index in [1.54, 1.807) is 18.2 Å². The van der Waals surface area contributed by atoms with Crippen molar-refractivity contribution in [1.29, 1.82) is 0 Å². The molecule has 86 valence electrons. The summed E-state index contributed by atoms with van der Waals surface area (Å²) in [7, 11) is 0. The maximum atomic E-state index is 11.9. The number of hydrogen-bond acceptors (Lipinski definition) is 2. The molecule has 0 atom stereocenters. The highest BCUT2D eigenvalue weighted by Gasteiger charge is 2.43. The third kappa shape index (κ3) is 2.17. The molecule has 0 unspecified atom stereocenters. The van der Waals surface area contributed by atoms with Gasteiger partial charge >= 0.3 is 0 Å². The maximum absolute atomic E-state index is 11.9. The molecule has 16 heavy (non-hydrogen) atoms. The number of halogens is 2. The van der Waals surface area contributed by atoms with Crippen LogP contribution in [-0.2, 0) is 0 Å². The minimum Gasteiger partial charge on any atom is -0.394 e. The first-order valence-corrected chi connectivity index (χ1v) is 5.71. The summed E-state index contributed by atoms with van der Waals surface area (Å²) in [5, 5.41) is 12.5. The molecule has 1 aromatic rings. The van der Waals surface area contributed by atoms with E-state index in [0.29, 0.717) is 10.6 Å². The zero-order chi connectivity index (χ0) is 11.8. The fraction of sp³-hybridized carbons (Fsp3) is 0.364. The SMILES string of the molecule is O=C(NC1(CO)CC1)c1cccc(Cl)c1Cl. The number of aliphatic hydroxyl groups is 1. The van der Waals surface area contributed by atoms with Gasteiger partial charge in [-0.3, -0.25) is 4.79 Å². The number of carbonyl (C=O) groups is 1. The minimum absolute atomic E-state index is 0.0447. The lowest BCUT2D eigenvalue weighted by Crippen LogP contribution is -2.39. The molecule has 0 bridgehead atoms. The number of amides is 1. The summed E-state index contributed by atoms with van der Waals surface area (Å²) >= 11 is 11.7. The molecule has 3 nitrogen and oxygen atoms in total. The number of benzene rings is 1. The van der Waals surface area contributed by atoms with Gasteiger partial charge in [0.1, 0.15) is 0 Å². The monoisotopic (exact) mass is 259 g/mol. The smallest absolute Gasteiger partial charge is 0.253 e. The molecule has 1 amide bonds. The third-order valence-electron chi connectivity index (χ3n) is 2.73. The van der Waals surface area contributed by atoms with Gasteiger partial charge in [0.15, 0.2) is 0 Å². The zero-order valence-corrected chi connectivity index (χ0v) is 9.98. The first kappa shape index (κ1) is 11.7. The van der Waals surface area contributed by atoms with E-state index in [4.69, 9.17) is 28.3 Å². The molecular formula is C11H11Cl2NO2.